The molecule has 0 amide bonds. The van der Waals surface area contributed by atoms with Crippen LogP contribution in [0.1, 0.15) is 27.7 Å². The van der Waals surface area contributed by atoms with Crippen molar-refractivity contribution in [2.45, 2.75) is 43.3 Å². The molecule has 1 saturated heterocycles. The van der Waals surface area contributed by atoms with Gasteiger partial charge in [0.1, 0.15) is 0 Å². The van der Waals surface area contributed by atoms with Crippen LogP contribution in [0.15, 0.2) is 0 Å². The zero-order valence-corrected chi connectivity index (χ0v) is 14.3. The monoisotopic (exact) mass is 304 g/mol. The van der Waals surface area contributed by atoms with Gasteiger partial charge in [-0.3, -0.25) is 4.79 Å². The van der Waals surface area contributed by atoms with Crippen LogP contribution in [0.5, 0.6) is 0 Å². The first-order valence-electron chi connectivity index (χ1n) is 6.56. The maximum absolute atomic E-state index is 13.0. The van der Waals surface area contributed by atoms with Crippen molar-refractivity contribution in [1.82, 2.24) is 0 Å². The van der Waals surface area contributed by atoms with Crippen LogP contribution >= 0.6 is 11.8 Å². The zero-order valence-electron chi connectivity index (χ0n) is 13.4. The summed E-state index contributed by atoms with van der Waals surface area (Å²) in [4.78, 5) is 13.0. The molecular weight excluding hydrogens is 280 g/mol. The molecule has 2 rings (SSSR count). The quantitative estimate of drug-likeness (QED) is 0.585. The van der Waals surface area contributed by atoms with Crippen molar-refractivity contribution in [2.75, 3.05) is 28.4 Å². The molecule has 0 aromatic rings. The van der Waals surface area contributed by atoms with Gasteiger partial charge in [0.25, 0.3) is 0 Å². The molecule has 0 N–H and O–H groups in total. The molecule has 0 bridgehead atoms. The molecule has 1 saturated carbocycles. The summed E-state index contributed by atoms with van der Waals surface area (Å²) in [6.07, 6.45) is 0. The Kier molecular flexibility index (Phi) is 3.41. The van der Waals surface area contributed by atoms with Gasteiger partial charge in [-0.1, -0.05) is 25.6 Å². The van der Waals surface area contributed by atoms with Gasteiger partial charge in [0.05, 0.1) is 10.8 Å². The minimum Gasteiger partial charge on any atom is -0.351 e. The second kappa shape index (κ2) is 4.20. The summed E-state index contributed by atoms with van der Waals surface area (Å²) < 4.78 is 22.0. The van der Waals surface area contributed by atoms with E-state index in [0.717, 1.165) is 0 Å². The predicted octanol–water partition coefficient (Wildman–Crippen LogP) is 2.04. The summed E-state index contributed by atoms with van der Waals surface area (Å²) in [7, 11) is 6.29. The van der Waals surface area contributed by atoms with E-state index in [9.17, 15) is 4.79 Å². The first kappa shape index (κ1) is 16.2. The molecule has 5 nitrogen and oxygen atoms in total. The largest absolute Gasteiger partial charge is 0.351 e. The van der Waals surface area contributed by atoms with Crippen LogP contribution in [-0.4, -0.2) is 49.9 Å². The van der Waals surface area contributed by atoms with Crippen molar-refractivity contribution in [3.8, 4) is 0 Å². The number of hydrogen-bond acceptors (Lipinski definition) is 6. The fourth-order valence-electron chi connectivity index (χ4n) is 4.23. The molecule has 1 aliphatic carbocycles. The van der Waals surface area contributed by atoms with Gasteiger partial charge in [-0.15, -0.1) is 0 Å². The highest BCUT2D eigenvalue weighted by atomic mass is 32.2. The Hall–Kier alpha value is -0.140. The number of ether oxygens (including phenoxy) is 4. The Bertz CT molecular complexity index is 437. The van der Waals surface area contributed by atoms with E-state index >= 15 is 0 Å². The number of carbonyl (C=O) groups is 1. The summed E-state index contributed by atoms with van der Waals surface area (Å²) in [6.45, 7) is 7.52. The molecule has 1 spiro atoms. The van der Waals surface area contributed by atoms with Crippen molar-refractivity contribution >= 4 is 17.5 Å². The van der Waals surface area contributed by atoms with Crippen molar-refractivity contribution in [2.24, 2.45) is 10.8 Å². The standard InChI is InChI=1S/C14H24O5S/c1-10(2)9(15)11(3,4)13(16-5,17-6)12(10)14(18-7,19-8)20-12/h1-8H3/t12-/m1/s1. The number of hydrogen-bond donors (Lipinski definition) is 0. The maximum Gasteiger partial charge on any atom is 0.240 e. The van der Waals surface area contributed by atoms with E-state index < -0.39 is 26.5 Å². The lowest BCUT2D eigenvalue weighted by atomic mass is 9.78. The molecule has 2 aliphatic rings. The molecule has 0 aromatic heterocycles. The third kappa shape index (κ3) is 1.24. The Morgan fingerprint density at radius 1 is 0.800 bits per heavy atom. The highest BCUT2D eigenvalue weighted by Crippen LogP contribution is 2.83. The molecule has 1 atom stereocenters. The second-order valence-corrected chi connectivity index (χ2v) is 7.71. The fraction of sp³-hybridized carbons (Fsp3) is 0.929. The summed E-state index contributed by atoms with van der Waals surface area (Å²) in [5.74, 6) is -1.03. The average molecular weight is 304 g/mol. The van der Waals surface area contributed by atoms with Crippen molar-refractivity contribution in [3.63, 3.8) is 0 Å². The number of ketones is 1. The van der Waals surface area contributed by atoms with Crippen molar-refractivity contribution in [1.29, 1.82) is 0 Å². The van der Waals surface area contributed by atoms with Crippen LogP contribution in [0.4, 0.5) is 0 Å². The first-order chi connectivity index (χ1) is 9.10. The van der Waals surface area contributed by atoms with Crippen LogP contribution < -0.4 is 0 Å². The van der Waals surface area contributed by atoms with Gasteiger partial charge < -0.3 is 18.9 Å². The topological polar surface area (TPSA) is 54.0 Å². The highest BCUT2D eigenvalue weighted by Gasteiger charge is 2.95. The number of Topliss-reactive ketones (excluding diaryl/α,β-unsaturated/α-hetero) is 1. The summed E-state index contributed by atoms with van der Waals surface area (Å²) in [6, 6.07) is 0. The van der Waals surface area contributed by atoms with Crippen LogP contribution in [0, 0.1) is 10.8 Å². The summed E-state index contributed by atoms with van der Waals surface area (Å²) in [5.41, 5.74) is -1.52. The van der Waals surface area contributed by atoms with Crippen molar-refractivity contribution < 1.29 is 23.7 Å². The zero-order chi connectivity index (χ0) is 15.6. The van der Waals surface area contributed by atoms with Gasteiger partial charge in [0.2, 0.25) is 10.9 Å². The van der Waals surface area contributed by atoms with E-state index in [1.54, 1.807) is 28.4 Å². The predicted molar refractivity (Wildman–Crippen MR) is 76.4 cm³/mol. The van der Waals surface area contributed by atoms with Gasteiger partial charge in [0, 0.05) is 28.4 Å². The number of methoxy groups -OCH3 is 4. The molecule has 116 valence electrons. The molecule has 2 fully saturated rings. The fourth-order valence-corrected chi connectivity index (χ4v) is 6.21. The molecule has 1 heterocycles. The van der Waals surface area contributed by atoms with E-state index in [4.69, 9.17) is 18.9 Å². The summed E-state index contributed by atoms with van der Waals surface area (Å²) in [5, 5.41) is -0.939. The van der Waals surface area contributed by atoms with Crippen LogP contribution in [-0.2, 0) is 23.7 Å². The van der Waals surface area contributed by atoms with Gasteiger partial charge in [0.15, 0.2) is 10.5 Å². The third-order valence-electron chi connectivity index (χ3n) is 5.09. The Balaban J connectivity index is 2.74. The van der Waals surface area contributed by atoms with E-state index in [-0.39, 0.29) is 5.78 Å². The van der Waals surface area contributed by atoms with Crippen LogP contribution in [0.25, 0.3) is 0 Å². The molecule has 6 heteroatoms. The van der Waals surface area contributed by atoms with Crippen LogP contribution in [0.3, 0.4) is 0 Å². The minimum absolute atomic E-state index is 0.0807. The molecule has 0 radical (unpaired) electrons. The normalized spacial score (nSPS) is 35.5. The number of rotatable bonds is 4. The lowest BCUT2D eigenvalue weighted by molar-refractivity contribution is -0.293. The number of thioether (sulfide) groups is 1. The molecule has 0 aromatic carbocycles. The second-order valence-electron chi connectivity index (χ2n) is 6.35. The SMILES string of the molecule is COC1(OC)S[C@@]12C(C)(C)C(=O)C(C)(C)C2(OC)OC. The highest BCUT2D eigenvalue weighted by molar-refractivity contribution is 8.09. The molecule has 1 aliphatic heterocycles. The molecule has 0 unspecified atom stereocenters. The van der Waals surface area contributed by atoms with E-state index in [1.165, 1.54) is 11.8 Å². The van der Waals surface area contributed by atoms with Crippen LogP contribution in [0.2, 0.25) is 0 Å². The minimum atomic E-state index is -1.11. The van der Waals surface area contributed by atoms with Gasteiger partial charge >= 0.3 is 0 Å². The van der Waals surface area contributed by atoms with E-state index in [2.05, 4.69) is 0 Å². The maximum atomic E-state index is 13.0. The Labute approximate surface area is 124 Å². The molecule has 20 heavy (non-hydrogen) atoms. The Morgan fingerprint density at radius 2 is 1.25 bits per heavy atom. The summed E-state index contributed by atoms with van der Waals surface area (Å²) >= 11 is 1.45. The smallest absolute Gasteiger partial charge is 0.240 e. The Morgan fingerprint density at radius 3 is 1.55 bits per heavy atom. The van der Waals surface area contributed by atoms with E-state index in [1.807, 2.05) is 27.7 Å². The number of carbonyl (C=O) groups excluding carboxylic acids is 1. The third-order valence-corrected chi connectivity index (χ3v) is 7.15. The van der Waals surface area contributed by atoms with E-state index in [0.29, 0.717) is 0 Å². The first-order valence-corrected chi connectivity index (χ1v) is 7.38. The van der Waals surface area contributed by atoms with Gasteiger partial charge in [-0.2, -0.15) is 0 Å². The average Bonchev–Trinajstić information content (AvgIpc) is 3.09. The van der Waals surface area contributed by atoms with Gasteiger partial charge in [-0.05, 0) is 13.8 Å². The van der Waals surface area contributed by atoms with Crippen molar-refractivity contribution in [3.05, 3.63) is 0 Å². The molecular formula is C14H24O5S. The lowest BCUT2D eigenvalue weighted by Gasteiger charge is -2.42. The van der Waals surface area contributed by atoms with Gasteiger partial charge in [-0.25, -0.2) is 0 Å². The lowest BCUT2D eigenvalue weighted by Crippen LogP contribution is -2.59.